The Morgan fingerprint density at radius 1 is 0.762 bits per heavy atom. The largest absolute Gasteiger partial charge is 0.381 e. The Morgan fingerprint density at radius 3 is 1.29 bits per heavy atom. The number of halogens is 1. The van der Waals surface area contributed by atoms with Crippen molar-refractivity contribution in [2.24, 2.45) is 0 Å². The molecule has 2 aliphatic heterocycles. The first kappa shape index (κ1) is 21.1. The zero-order chi connectivity index (χ0) is 15.6. The number of hydrogen-bond acceptors (Lipinski definition) is 4. The van der Waals surface area contributed by atoms with Gasteiger partial charge >= 0.3 is 0 Å². The molecule has 0 unspecified atom stereocenters. The average molecular weight is 325 g/mol. The van der Waals surface area contributed by atoms with Crippen molar-refractivity contribution in [1.82, 2.24) is 0 Å². The van der Waals surface area contributed by atoms with Gasteiger partial charge in [-0.2, -0.15) is 0 Å². The second-order valence-corrected chi connectivity index (χ2v) is 5.15. The standard InChI is InChI=1S/C6H13ClO2.2C5H10O/c1-3-8-6(5-7)9-4-2;2*1-2-4-6-5-3-1/h6H,3-5H2,1-2H3;2*1-5H2. The van der Waals surface area contributed by atoms with Crippen LogP contribution >= 0.6 is 11.6 Å². The molecule has 4 nitrogen and oxygen atoms in total. The van der Waals surface area contributed by atoms with Crippen molar-refractivity contribution >= 4 is 11.6 Å². The van der Waals surface area contributed by atoms with Crippen molar-refractivity contribution in [2.45, 2.75) is 58.7 Å². The van der Waals surface area contributed by atoms with E-state index < -0.39 is 0 Å². The Morgan fingerprint density at radius 2 is 1.14 bits per heavy atom. The summed E-state index contributed by atoms with van der Waals surface area (Å²) in [7, 11) is 0. The quantitative estimate of drug-likeness (QED) is 0.566. The molecule has 2 saturated heterocycles. The molecule has 0 aliphatic carbocycles. The number of hydrogen-bond donors (Lipinski definition) is 0. The van der Waals surface area contributed by atoms with E-state index in [2.05, 4.69) is 0 Å². The molecule has 0 bridgehead atoms. The minimum absolute atomic E-state index is 0.221. The van der Waals surface area contributed by atoms with Crippen LogP contribution < -0.4 is 0 Å². The summed E-state index contributed by atoms with van der Waals surface area (Å²) in [5, 5.41) is 0. The van der Waals surface area contributed by atoms with Crippen LogP contribution in [-0.4, -0.2) is 51.8 Å². The van der Waals surface area contributed by atoms with Gasteiger partial charge in [-0.1, -0.05) is 0 Å². The van der Waals surface area contributed by atoms with E-state index in [0.29, 0.717) is 19.1 Å². The Hall–Kier alpha value is 0.130. The minimum atomic E-state index is -0.221. The first-order valence-corrected chi connectivity index (χ1v) is 8.83. The molecule has 0 atom stereocenters. The van der Waals surface area contributed by atoms with Crippen LogP contribution in [0, 0.1) is 0 Å². The summed E-state index contributed by atoms with van der Waals surface area (Å²) in [6.07, 6.45) is 7.64. The van der Waals surface area contributed by atoms with Crippen molar-refractivity contribution in [3.05, 3.63) is 0 Å². The fourth-order valence-corrected chi connectivity index (χ4v) is 2.06. The summed E-state index contributed by atoms with van der Waals surface area (Å²) >= 11 is 5.48. The van der Waals surface area contributed by atoms with Gasteiger partial charge in [0, 0.05) is 39.6 Å². The first-order valence-electron chi connectivity index (χ1n) is 8.29. The molecular weight excluding hydrogens is 292 g/mol. The van der Waals surface area contributed by atoms with Gasteiger partial charge in [-0.15, -0.1) is 11.6 Å². The third kappa shape index (κ3) is 16.3. The molecule has 0 N–H and O–H groups in total. The number of ether oxygens (including phenoxy) is 4. The summed E-state index contributed by atoms with van der Waals surface area (Å²) in [6.45, 7) is 9.13. The molecule has 0 spiro atoms. The van der Waals surface area contributed by atoms with E-state index in [0.717, 1.165) is 26.4 Å². The third-order valence-electron chi connectivity index (χ3n) is 2.99. The number of alkyl halides is 1. The van der Waals surface area contributed by atoms with Crippen LogP contribution in [0.5, 0.6) is 0 Å². The first-order chi connectivity index (χ1) is 10.3. The van der Waals surface area contributed by atoms with Gasteiger partial charge in [0.15, 0.2) is 6.29 Å². The molecule has 0 radical (unpaired) electrons. The van der Waals surface area contributed by atoms with E-state index in [9.17, 15) is 0 Å². The highest BCUT2D eigenvalue weighted by atomic mass is 35.5. The van der Waals surface area contributed by atoms with Crippen molar-refractivity contribution in [3.63, 3.8) is 0 Å². The molecule has 0 aromatic rings. The van der Waals surface area contributed by atoms with Crippen LogP contribution in [0.25, 0.3) is 0 Å². The van der Waals surface area contributed by atoms with Gasteiger partial charge in [0.05, 0.1) is 5.88 Å². The lowest BCUT2D eigenvalue weighted by Crippen LogP contribution is -2.18. The van der Waals surface area contributed by atoms with Crippen LogP contribution in [0.1, 0.15) is 52.4 Å². The lowest BCUT2D eigenvalue weighted by molar-refractivity contribution is -0.120. The summed E-state index contributed by atoms with van der Waals surface area (Å²) in [5.41, 5.74) is 0. The maximum absolute atomic E-state index is 5.48. The van der Waals surface area contributed by atoms with Crippen molar-refractivity contribution in [2.75, 3.05) is 45.5 Å². The van der Waals surface area contributed by atoms with E-state index in [1.165, 1.54) is 38.5 Å². The summed E-state index contributed by atoms with van der Waals surface area (Å²) in [5.74, 6) is 0.404. The topological polar surface area (TPSA) is 36.9 Å². The van der Waals surface area contributed by atoms with Gasteiger partial charge in [0.2, 0.25) is 0 Å². The predicted molar refractivity (Wildman–Crippen MR) is 87.1 cm³/mol. The molecule has 128 valence electrons. The molecule has 0 amide bonds. The monoisotopic (exact) mass is 324 g/mol. The van der Waals surface area contributed by atoms with Gasteiger partial charge in [0.1, 0.15) is 0 Å². The number of rotatable bonds is 5. The smallest absolute Gasteiger partial charge is 0.170 e. The second kappa shape index (κ2) is 18.2. The van der Waals surface area contributed by atoms with E-state index >= 15 is 0 Å². The van der Waals surface area contributed by atoms with E-state index in [-0.39, 0.29) is 6.29 Å². The Labute approximate surface area is 135 Å². The highest BCUT2D eigenvalue weighted by Gasteiger charge is 2.03. The molecule has 21 heavy (non-hydrogen) atoms. The lowest BCUT2D eigenvalue weighted by atomic mass is 10.2. The molecule has 0 aromatic heterocycles. The maximum atomic E-state index is 5.48. The molecule has 5 heteroatoms. The molecule has 2 heterocycles. The summed E-state index contributed by atoms with van der Waals surface area (Å²) < 4.78 is 20.3. The fourth-order valence-electron chi connectivity index (χ4n) is 1.88. The van der Waals surface area contributed by atoms with Gasteiger partial charge in [-0.25, -0.2) is 0 Å². The summed E-state index contributed by atoms with van der Waals surface area (Å²) in [4.78, 5) is 0. The van der Waals surface area contributed by atoms with Gasteiger partial charge in [-0.3, -0.25) is 0 Å². The Kier molecular flexibility index (Phi) is 18.3. The molecule has 2 fully saturated rings. The highest BCUT2D eigenvalue weighted by Crippen LogP contribution is 2.02. The van der Waals surface area contributed by atoms with E-state index in [1.807, 2.05) is 13.8 Å². The fraction of sp³-hybridized carbons (Fsp3) is 1.00. The van der Waals surface area contributed by atoms with Crippen LogP contribution in [0.4, 0.5) is 0 Å². The van der Waals surface area contributed by atoms with E-state index in [4.69, 9.17) is 30.5 Å². The van der Waals surface area contributed by atoms with Crippen LogP contribution in [0.3, 0.4) is 0 Å². The van der Waals surface area contributed by atoms with Gasteiger partial charge in [-0.05, 0) is 52.4 Å². The molecule has 0 aromatic carbocycles. The summed E-state index contributed by atoms with van der Waals surface area (Å²) in [6, 6.07) is 0. The zero-order valence-electron chi connectivity index (χ0n) is 13.8. The highest BCUT2D eigenvalue weighted by molar-refractivity contribution is 6.18. The average Bonchev–Trinajstić information content (AvgIpc) is 2.59. The molecule has 2 aliphatic rings. The Balaban J connectivity index is 0.000000293. The predicted octanol–water partition coefficient (Wildman–Crippen LogP) is 4.00. The van der Waals surface area contributed by atoms with Crippen LogP contribution in [0.2, 0.25) is 0 Å². The Bertz CT molecular complexity index is 144. The molecular formula is C16H33ClO4. The van der Waals surface area contributed by atoms with Gasteiger partial charge in [0.25, 0.3) is 0 Å². The minimum Gasteiger partial charge on any atom is -0.381 e. The third-order valence-corrected chi connectivity index (χ3v) is 3.24. The van der Waals surface area contributed by atoms with Crippen LogP contribution in [-0.2, 0) is 18.9 Å². The lowest BCUT2D eigenvalue weighted by Gasteiger charge is -2.12. The van der Waals surface area contributed by atoms with Crippen LogP contribution in [0.15, 0.2) is 0 Å². The van der Waals surface area contributed by atoms with E-state index in [1.54, 1.807) is 0 Å². The van der Waals surface area contributed by atoms with Crippen molar-refractivity contribution in [3.8, 4) is 0 Å². The SMILES string of the molecule is C1CCOCC1.C1CCOCC1.CCOC(CCl)OCC. The van der Waals surface area contributed by atoms with Gasteiger partial charge < -0.3 is 18.9 Å². The second-order valence-electron chi connectivity index (χ2n) is 4.84. The normalized spacial score (nSPS) is 18.3. The maximum Gasteiger partial charge on any atom is 0.170 e. The van der Waals surface area contributed by atoms with Crippen molar-refractivity contribution in [1.29, 1.82) is 0 Å². The zero-order valence-corrected chi connectivity index (χ0v) is 14.5. The molecule has 0 saturated carbocycles. The molecule has 2 rings (SSSR count). The van der Waals surface area contributed by atoms with Crippen molar-refractivity contribution < 1.29 is 18.9 Å².